The van der Waals surface area contributed by atoms with E-state index >= 15 is 0 Å². The van der Waals surface area contributed by atoms with Gasteiger partial charge in [-0.2, -0.15) is 5.10 Å². The van der Waals surface area contributed by atoms with Crippen LogP contribution in [0, 0.1) is 4.77 Å². The molecule has 0 unspecified atom stereocenters. The van der Waals surface area contributed by atoms with Crippen molar-refractivity contribution in [3.63, 3.8) is 0 Å². The van der Waals surface area contributed by atoms with E-state index in [4.69, 9.17) is 12.2 Å². The second-order valence-electron chi connectivity index (χ2n) is 4.27. The molecule has 2 rings (SSSR count). The first kappa shape index (κ1) is 15.4. The lowest BCUT2D eigenvalue weighted by atomic mass is 10.2. The standard InChI is InChI=1S/C13H12N4O4S/c1-17-12(21)8(10(19)15-13(17)22)6-14-16-11(20)7-4-2-3-5-9(7)18/h2-6,18,21H,1H3,(H,16,20)(H,15,19,22)/b14-6+. The van der Waals surface area contributed by atoms with Gasteiger partial charge in [-0.25, -0.2) is 5.43 Å². The number of phenols is 1. The second-order valence-corrected chi connectivity index (χ2v) is 4.66. The summed E-state index contributed by atoms with van der Waals surface area (Å²) in [6.45, 7) is 0. The van der Waals surface area contributed by atoms with E-state index in [9.17, 15) is 19.8 Å². The van der Waals surface area contributed by atoms with Gasteiger partial charge in [0.05, 0.1) is 11.8 Å². The van der Waals surface area contributed by atoms with Crippen LogP contribution in [0.1, 0.15) is 15.9 Å². The first-order chi connectivity index (χ1) is 10.4. The number of aromatic nitrogens is 2. The van der Waals surface area contributed by atoms with Crippen molar-refractivity contribution in [1.29, 1.82) is 0 Å². The van der Waals surface area contributed by atoms with Crippen LogP contribution in [0.2, 0.25) is 0 Å². The number of hydrazone groups is 1. The molecule has 0 radical (unpaired) electrons. The lowest BCUT2D eigenvalue weighted by Crippen LogP contribution is -2.20. The summed E-state index contributed by atoms with van der Waals surface area (Å²) in [5, 5.41) is 22.9. The molecule has 2 aromatic rings. The Balaban J connectivity index is 2.23. The molecule has 1 amide bonds. The molecule has 0 bridgehead atoms. The number of hydrogen-bond donors (Lipinski definition) is 4. The van der Waals surface area contributed by atoms with Gasteiger partial charge >= 0.3 is 0 Å². The molecule has 8 nitrogen and oxygen atoms in total. The third kappa shape index (κ3) is 3.04. The molecule has 0 aliphatic carbocycles. The van der Waals surface area contributed by atoms with E-state index < -0.39 is 11.5 Å². The summed E-state index contributed by atoms with van der Waals surface area (Å²) < 4.78 is 1.24. The average Bonchev–Trinajstić information content (AvgIpc) is 2.48. The van der Waals surface area contributed by atoms with E-state index in [1.54, 1.807) is 12.1 Å². The maximum atomic E-state index is 11.8. The summed E-state index contributed by atoms with van der Waals surface area (Å²) >= 11 is 4.83. The van der Waals surface area contributed by atoms with E-state index in [-0.39, 0.29) is 27.5 Å². The van der Waals surface area contributed by atoms with E-state index in [1.165, 1.54) is 23.7 Å². The van der Waals surface area contributed by atoms with Gasteiger partial charge in [0, 0.05) is 7.05 Å². The SMILES string of the molecule is Cn1c(O)c(/C=N/NC(=O)c2ccccc2O)c(=O)[nH]c1=S. The number of phenolic OH excluding ortho intramolecular Hbond substituents is 1. The number of carbonyl (C=O) groups excluding carboxylic acids is 1. The predicted octanol–water partition coefficient (Wildman–Crippen LogP) is 0.618. The van der Waals surface area contributed by atoms with Crippen LogP contribution in [0.4, 0.5) is 0 Å². The van der Waals surface area contributed by atoms with Crippen molar-refractivity contribution >= 4 is 24.3 Å². The zero-order chi connectivity index (χ0) is 16.3. The molecule has 0 saturated carbocycles. The fourth-order valence-corrected chi connectivity index (χ4v) is 1.80. The van der Waals surface area contributed by atoms with Gasteiger partial charge in [0.15, 0.2) is 4.77 Å². The van der Waals surface area contributed by atoms with Crippen LogP contribution in [0.3, 0.4) is 0 Å². The van der Waals surface area contributed by atoms with Gasteiger partial charge in [-0.15, -0.1) is 0 Å². The maximum Gasteiger partial charge on any atom is 0.275 e. The normalized spacial score (nSPS) is 10.8. The molecule has 0 fully saturated rings. The Morgan fingerprint density at radius 2 is 2.09 bits per heavy atom. The Kier molecular flexibility index (Phi) is 4.37. The highest BCUT2D eigenvalue weighted by atomic mass is 32.1. The summed E-state index contributed by atoms with van der Waals surface area (Å²) in [7, 11) is 1.46. The van der Waals surface area contributed by atoms with Gasteiger partial charge in [-0.1, -0.05) is 12.1 Å². The molecule has 0 atom stereocenters. The highest BCUT2D eigenvalue weighted by molar-refractivity contribution is 7.71. The molecule has 1 heterocycles. The lowest BCUT2D eigenvalue weighted by molar-refractivity contribution is 0.0952. The smallest absolute Gasteiger partial charge is 0.275 e. The molecule has 9 heteroatoms. The number of para-hydroxylation sites is 1. The van der Waals surface area contributed by atoms with Crippen LogP contribution < -0.4 is 11.0 Å². The number of amides is 1. The number of H-pyrrole nitrogens is 1. The summed E-state index contributed by atoms with van der Waals surface area (Å²) in [6, 6.07) is 5.93. The number of hydrogen-bond acceptors (Lipinski definition) is 6. The number of aromatic amines is 1. The van der Waals surface area contributed by atoms with Crippen molar-refractivity contribution in [2.24, 2.45) is 12.1 Å². The van der Waals surface area contributed by atoms with Gasteiger partial charge in [-0.3, -0.25) is 19.1 Å². The summed E-state index contributed by atoms with van der Waals surface area (Å²) in [6.07, 6.45) is 0.987. The molecule has 114 valence electrons. The fourth-order valence-electron chi connectivity index (χ4n) is 1.62. The van der Waals surface area contributed by atoms with Crippen LogP contribution in [-0.4, -0.2) is 31.9 Å². The Morgan fingerprint density at radius 1 is 1.41 bits per heavy atom. The van der Waals surface area contributed by atoms with Crippen LogP contribution >= 0.6 is 12.2 Å². The Bertz CT molecular complexity index is 869. The van der Waals surface area contributed by atoms with Crippen LogP contribution in [0.5, 0.6) is 11.6 Å². The van der Waals surface area contributed by atoms with Crippen LogP contribution in [0.25, 0.3) is 0 Å². The highest BCUT2D eigenvalue weighted by Gasteiger charge is 2.10. The molecule has 0 aliphatic heterocycles. The number of nitrogens with one attached hydrogen (secondary N) is 2. The number of nitrogens with zero attached hydrogens (tertiary/aromatic N) is 2. The minimum Gasteiger partial charge on any atom is -0.507 e. The molecule has 0 saturated heterocycles. The Morgan fingerprint density at radius 3 is 2.77 bits per heavy atom. The zero-order valence-corrected chi connectivity index (χ0v) is 12.2. The van der Waals surface area contributed by atoms with E-state index in [0.717, 1.165) is 6.21 Å². The van der Waals surface area contributed by atoms with Crippen molar-refractivity contribution in [3.05, 3.63) is 50.5 Å². The van der Waals surface area contributed by atoms with Crippen molar-refractivity contribution < 1.29 is 15.0 Å². The van der Waals surface area contributed by atoms with Gasteiger partial charge in [0.25, 0.3) is 11.5 Å². The van der Waals surface area contributed by atoms with Crippen LogP contribution in [0.15, 0.2) is 34.2 Å². The molecule has 0 aliphatic rings. The summed E-state index contributed by atoms with van der Waals surface area (Å²) in [4.78, 5) is 25.8. The third-order valence-corrected chi connectivity index (χ3v) is 3.21. The first-order valence-electron chi connectivity index (χ1n) is 6.05. The molecule has 4 N–H and O–H groups in total. The second kappa shape index (κ2) is 6.22. The number of benzene rings is 1. The van der Waals surface area contributed by atoms with Gasteiger partial charge in [0.2, 0.25) is 5.88 Å². The quantitative estimate of drug-likeness (QED) is 0.375. The number of carbonyl (C=O) groups is 1. The first-order valence-corrected chi connectivity index (χ1v) is 6.46. The minimum atomic E-state index is -0.658. The topological polar surface area (TPSA) is 120 Å². The minimum absolute atomic E-state index is 0.0317. The summed E-state index contributed by atoms with van der Waals surface area (Å²) in [5.74, 6) is -1.23. The summed E-state index contributed by atoms with van der Waals surface area (Å²) in [5.41, 5.74) is 1.38. The third-order valence-electron chi connectivity index (χ3n) is 2.84. The molecule has 1 aromatic carbocycles. The largest absolute Gasteiger partial charge is 0.507 e. The zero-order valence-electron chi connectivity index (χ0n) is 11.4. The van der Waals surface area contributed by atoms with Crippen LogP contribution in [-0.2, 0) is 7.05 Å². The van der Waals surface area contributed by atoms with Gasteiger partial charge in [-0.05, 0) is 24.4 Å². The lowest BCUT2D eigenvalue weighted by Gasteiger charge is -2.05. The molecule has 1 aromatic heterocycles. The fraction of sp³-hybridized carbons (Fsp3) is 0.0769. The number of aromatic hydroxyl groups is 2. The van der Waals surface area contributed by atoms with Crippen molar-refractivity contribution in [2.75, 3.05) is 0 Å². The number of rotatable bonds is 3. The monoisotopic (exact) mass is 320 g/mol. The Hall–Kier alpha value is -2.94. The molecular weight excluding hydrogens is 308 g/mol. The van der Waals surface area contributed by atoms with E-state index in [0.29, 0.717) is 0 Å². The van der Waals surface area contributed by atoms with E-state index in [2.05, 4.69) is 15.5 Å². The molecular formula is C13H12N4O4S. The van der Waals surface area contributed by atoms with Crippen molar-refractivity contribution in [2.45, 2.75) is 0 Å². The molecule has 0 spiro atoms. The van der Waals surface area contributed by atoms with Crippen molar-refractivity contribution in [1.82, 2.24) is 15.0 Å². The van der Waals surface area contributed by atoms with Gasteiger partial charge < -0.3 is 10.2 Å². The average molecular weight is 320 g/mol. The van der Waals surface area contributed by atoms with E-state index in [1.807, 2.05) is 0 Å². The highest BCUT2D eigenvalue weighted by Crippen LogP contribution is 2.15. The Labute approximate surface area is 129 Å². The molecule has 22 heavy (non-hydrogen) atoms. The predicted molar refractivity (Wildman–Crippen MR) is 81.7 cm³/mol. The van der Waals surface area contributed by atoms with Crippen molar-refractivity contribution in [3.8, 4) is 11.6 Å². The van der Waals surface area contributed by atoms with Gasteiger partial charge in [0.1, 0.15) is 11.3 Å². The maximum absolute atomic E-state index is 11.8.